The lowest BCUT2D eigenvalue weighted by molar-refractivity contribution is 0.648. The van der Waals surface area contributed by atoms with Crippen LogP contribution in [-0.2, 0) is 13.1 Å². The van der Waals surface area contributed by atoms with Gasteiger partial charge in [0.1, 0.15) is 0 Å². The van der Waals surface area contributed by atoms with Gasteiger partial charge in [-0.25, -0.2) is 4.68 Å². The Morgan fingerprint density at radius 3 is 2.21 bits per heavy atom. The molecule has 0 spiro atoms. The topological polar surface area (TPSA) is 48.5 Å². The van der Waals surface area contributed by atoms with Crippen LogP contribution in [0.5, 0.6) is 0 Å². The molecule has 0 aliphatic rings. The molecule has 0 atom stereocenters. The van der Waals surface area contributed by atoms with Crippen LogP contribution in [0.4, 0.5) is 0 Å². The van der Waals surface area contributed by atoms with Crippen molar-refractivity contribution < 1.29 is 0 Å². The zero-order valence-electron chi connectivity index (χ0n) is 10.8. The second-order valence-corrected chi connectivity index (χ2v) is 4.63. The Balaban J connectivity index is 1.68. The van der Waals surface area contributed by atoms with Crippen LogP contribution in [0.25, 0.3) is 0 Å². The van der Waals surface area contributed by atoms with E-state index in [0.717, 1.165) is 13.1 Å². The molecule has 0 aliphatic heterocycles. The first-order valence-electron chi connectivity index (χ1n) is 6.20. The number of rotatable bonds is 4. The average Bonchev–Trinajstić information content (AvgIpc) is 3.04. The lowest BCUT2D eigenvalue weighted by atomic mass is 10.1. The predicted octanol–water partition coefficient (Wildman–Crippen LogP) is 1.88. The van der Waals surface area contributed by atoms with Crippen LogP contribution in [0.2, 0.25) is 0 Å². The molecule has 0 amide bonds. The zero-order chi connectivity index (χ0) is 13.1. The van der Waals surface area contributed by atoms with Gasteiger partial charge in [0.2, 0.25) is 0 Å². The van der Waals surface area contributed by atoms with Crippen molar-refractivity contribution in [2.45, 2.75) is 20.0 Å². The van der Waals surface area contributed by atoms with E-state index >= 15 is 0 Å². The van der Waals surface area contributed by atoms with Crippen LogP contribution in [0, 0.1) is 6.92 Å². The molecular formula is C14H15N5. The largest absolute Gasteiger partial charge is 0.268 e. The molecule has 0 radical (unpaired) electrons. The van der Waals surface area contributed by atoms with Gasteiger partial charge in [-0.15, -0.1) is 5.10 Å². The van der Waals surface area contributed by atoms with E-state index in [4.69, 9.17) is 0 Å². The fourth-order valence-electron chi connectivity index (χ4n) is 1.99. The van der Waals surface area contributed by atoms with Gasteiger partial charge in [-0.05, 0) is 23.6 Å². The van der Waals surface area contributed by atoms with Crippen molar-refractivity contribution in [2.75, 3.05) is 0 Å². The van der Waals surface area contributed by atoms with Crippen LogP contribution >= 0.6 is 0 Å². The van der Waals surface area contributed by atoms with Crippen LogP contribution in [0.3, 0.4) is 0 Å². The van der Waals surface area contributed by atoms with Gasteiger partial charge in [-0.2, -0.15) is 5.10 Å². The van der Waals surface area contributed by atoms with Crippen molar-refractivity contribution in [3.8, 4) is 0 Å². The van der Waals surface area contributed by atoms with Gasteiger partial charge < -0.3 is 0 Å². The van der Waals surface area contributed by atoms with Gasteiger partial charge in [0.05, 0.1) is 25.5 Å². The third kappa shape index (κ3) is 2.88. The van der Waals surface area contributed by atoms with Gasteiger partial charge >= 0.3 is 0 Å². The predicted molar refractivity (Wildman–Crippen MR) is 71.6 cm³/mol. The van der Waals surface area contributed by atoms with Gasteiger partial charge in [0.15, 0.2) is 0 Å². The van der Waals surface area contributed by atoms with Crippen molar-refractivity contribution in [3.63, 3.8) is 0 Å². The number of hydrogen-bond acceptors (Lipinski definition) is 3. The standard InChI is InChI=1S/C14H15N5/c1-12-8-16-19(9-12)11-14-4-2-13(3-5-14)10-18-7-6-15-17-18/h2-9H,10-11H2,1H3. The first-order chi connectivity index (χ1) is 9.29. The summed E-state index contributed by atoms with van der Waals surface area (Å²) in [5, 5.41) is 12.0. The van der Waals surface area contributed by atoms with E-state index < -0.39 is 0 Å². The SMILES string of the molecule is Cc1cnn(Cc2ccc(Cn3ccnn3)cc2)c1. The summed E-state index contributed by atoms with van der Waals surface area (Å²) >= 11 is 0. The minimum absolute atomic E-state index is 0.751. The lowest BCUT2D eigenvalue weighted by Gasteiger charge is -2.04. The average molecular weight is 253 g/mol. The Hall–Kier alpha value is -2.43. The van der Waals surface area contributed by atoms with Crippen LogP contribution < -0.4 is 0 Å². The first-order valence-corrected chi connectivity index (χ1v) is 6.20. The highest BCUT2D eigenvalue weighted by Crippen LogP contribution is 2.08. The van der Waals surface area contributed by atoms with E-state index in [1.54, 1.807) is 6.20 Å². The highest BCUT2D eigenvalue weighted by Gasteiger charge is 1.99. The summed E-state index contributed by atoms with van der Waals surface area (Å²) in [5.74, 6) is 0. The summed E-state index contributed by atoms with van der Waals surface area (Å²) in [6.07, 6.45) is 7.47. The second-order valence-electron chi connectivity index (χ2n) is 4.63. The molecule has 5 nitrogen and oxygen atoms in total. The van der Waals surface area contributed by atoms with E-state index in [1.807, 2.05) is 34.9 Å². The maximum absolute atomic E-state index is 4.29. The van der Waals surface area contributed by atoms with Gasteiger partial charge in [-0.3, -0.25) is 4.68 Å². The quantitative estimate of drug-likeness (QED) is 0.713. The normalized spacial score (nSPS) is 10.8. The number of aryl methyl sites for hydroxylation is 1. The minimum atomic E-state index is 0.751. The summed E-state index contributed by atoms with van der Waals surface area (Å²) in [6, 6.07) is 8.49. The van der Waals surface area contributed by atoms with Crippen LogP contribution in [0.15, 0.2) is 49.1 Å². The molecule has 2 heterocycles. The van der Waals surface area contributed by atoms with E-state index in [9.17, 15) is 0 Å². The fraction of sp³-hybridized carbons (Fsp3) is 0.214. The smallest absolute Gasteiger partial charge is 0.0693 e. The lowest BCUT2D eigenvalue weighted by Crippen LogP contribution is -2.02. The molecule has 0 N–H and O–H groups in total. The van der Waals surface area contributed by atoms with Crippen molar-refractivity contribution in [1.82, 2.24) is 24.8 Å². The van der Waals surface area contributed by atoms with Crippen LogP contribution in [0.1, 0.15) is 16.7 Å². The highest BCUT2D eigenvalue weighted by atomic mass is 15.4. The Morgan fingerprint density at radius 1 is 1.00 bits per heavy atom. The summed E-state index contributed by atoms with van der Waals surface area (Å²) in [6.45, 7) is 3.60. The van der Waals surface area contributed by atoms with Crippen molar-refractivity contribution in [3.05, 3.63) is 65.7 Å². The molecule has 0 bridgehead atoms. The Labute approximate surface area is 111 Å². The monoisotopic (exact) mass is 253 g/mol. The third-order valence-electron chi connectivity index (χ3n) is 2.95. The summed E-state index contributed by atoms with van der Waals surface area (Å²) in [5.41, 5.74) is 3.64. The van der Waals surface area contributed by atoms with Crippen LogP contribution in [-0.4, -0.2) is 24.8 Å². The molecule has 96 valence electrons. The molecule has 0 aliphatic carbocycles. The van der Waals surface area contributed by atoms with E-state index in [2.05, 4.69) is 39.7 Å². The van der Waals surface area contributed by atoms with Gasteiger partial charge in [-0.1, -0.05) is 29.5 Å². The third-order valence-corrected chi connectivity index (χ3v) is 2.95. The molecule has 3 aromatic rings. The van der Waals surface area contributed by atoms with E-state index in [0.29, 0.717) is 0 Å². The summed E-state index contributed by atoms with van der Waals surface area (Å²) in [4.78, 5) is 0. The maximum atomic E-state index is 4.29. The summed E-state index contributed by atoms with van der Waals surface area (Å²) < 4.78 is 3.76. The van der Waals surface area contributed by atoms with Crippen molar-refractivity contribution in [2.24, 2.45) is 0 Å². The Bertz CT molecular complexity index is 637. The molecule has 5 heteroatoms. The molecular weight excluding hydrogens is 238 g/mol. The minimum Gasteiger partial charge on any atom is -0.268 e. The maximum Gasteiger partial charge on any atom is 0.0693 e. The first kappa shape index (κ1) is 11.6. The molecule has 0 fully saturated rings. The molecule has 19 heavy (non-hydrogen) atoms. The van der Waals surface area contributed by atoms with Gasteiger partial charge in [0.25, 0.3) is 0 Å². The zero-order valence-corrected chi connectivity index (χ0v) is 10.8. The summed E-state index contributed by atoms with van der Waals surface area (Å²) in [7, 11) is 0. The van der Waals surface area contributed by atoms with Crippen molar-refractivity contribution in [1.29, 1.82) is 0 Å². The highest BCUT2D eigenvalue weighted by molar-refractivity contribution is 5.23. The van der Waals surface area contributed by atoms with Crippen molar-refractivity contribution >= 4 is 0 Å². The molecule has 0 saturated heterocycles. The Kier molecular flexibility index (Phi) is 3.10. The Morgan fingerprint density at radius 2 is 1.68 bits per heavy atom. The molecule has 1 aromatic carbocycles. The van der Waals surface area contributed by atoms with E-state index in [1.165, 1.54) is 16.7 Å². The fourth-order valence-corrected chi connectivity index (χ4v) is 1.99. The number of hydrogen-bond donors (Lipinski definition) is 0. The molecule has 0 saturated carbocycles. The van der Waals surface area contributed by atoms with E-state index in [-0.39, 0.29) is 0 Å². The van der Waals surface area contributed by atoms with Gasteiger partial charge in [0, 0.05) is 12.4 Å². The second kappa shape index (κ2) is 5.06. The molecule has 3 rings (SSSR count). The number of benzene rings is 1. The number of nitrogens with zero attached hydrogens (tertiary/aromatic N) is 5. The molecule has 2 aromatic heterocycles. The number of aromatic nitrogens is 5. The molecule has 0 unspecified atom stereocenters.